The molecule has 21 heavy (non-hydrogen) atoms. The van der Waals surface area contributed by atoms with E-state index in [-0.39, 0.29) is 12.4 Å². The number of aromatic hydroxyl groups is 1. The molecular formula is C16H23BO4. The predicted molar refractivity (Wildman–Crippen MR) is 84.0 cm³/mol. The van der Waals surface area contributed by atoms with Crippen LogP contribution in [0.1, 0.15) is 38.8 Å². The van der Waals surface area contributed by atoms with E-state index in [2.05, 4.69) is 0 Å². The van der Waals surface area contributed by atoms with Gasteiger partial charge in [-0.25, -0.2) is 0 Å². The summed E-state index contributed by atoms with van der Waals surface area (Å²) in [5.74, 6) is 0.228. The van der Waals surface area contributed by atoms with E-state index in [9.17, 15) is 10.2 Å². The molecule has 1 heterocycles. The van der Waals surface area contributed by atoms with Crippen molar-refractivity contribution >= 4 is 13.2 Å². The lowest BCUT2D eigenvalue weighted by Crippen LogP contribution is -2.41. The van der Waals surface area contributed by atoms with Crippen LogP contribution in [0.25, 0.3) is 6.08 Å². The van der Waals surface area contributed by atoms with E-state index in [1.807, 2.05) is 46.8 Å². The van der Waals surface area contributed by atoms with Gasteiger partial charge in [-0.2, -0.15) is 0 Å². The summed E-state index contributed by atoms with van der Waals surface area (Å²) in [6, 6.07) is 5.12. The highest BCUT2D eigenvalue weighted by molar-refractivity contribution is 6.55. The summed E-state index contributed by atoms with van der Waals surface area (Å²) in [5.41, 5.74) is 1.65. The maximum atomic E-state index is 9.66. The molecule has 1 saturated heterocycles. The third kappa shape index (κ3) is 3.15. The lowest BCUT2D eigenvalue weighted by molar-refractivity contribution is 0.00578. The van der Waals surface area contributed by atoms with Crippen LogP contribution in [0.5, 0.6) is 5.75 Å². The smallest absolute Gasteiger partial charge is 0.492 e. The predicted octanol–water partition coefficient (Wildman–Crippen LogP) is 2.71. The lowest BCUT2D eigenvalue weighted by Gasteiger charge is -2.32. The molecule has 0 saturated carbocycles. The van der Waals surface area contributed by atoms with Crippen molar-refractivity contribution in [2.45, 2.75) is 45.8 Å². The zero-order chi connectivity index (χ0) is 15.8. The standard InChI is InChI=1S/C16H23BO4/c1-11-8-14(19)7-6-12(11)9-13(10-18)17-20-15(2,3)16(4,5)21-17/h6-9,18-19H,10H2,1-5H3. The van der Waals surface area contributed by atoms with Gasteiger partial charge in [0.1, 0.15) is 5.75 Å². The Morgan fingerprint density at radius 1 is 1.19 bits per heavy atom. The quantitative estimate of drug-likeness (QED) is 0.840. The Morgan fingerprint density at radius 3 is 2.24 bits per heavy atom. The van der Waals surface area contributed by atoms with Crippen molar-refractivity contribution in [3.05, 3.63) is 34.8 Å². The van der Waals surface area contributed by atoms with E-state index in [1.54, 1.807) is 12.1 Å². The molecule has 114 valence electrons. The minimum absolute atomic E-state index is 0.142. The van der Waals surface area contributed by atoms with Gasteiger partial charge in [0.15, 0.2) is 0 Å². The fourth-order valence-corrected chi connectivity index (χ4v) is 2.20. The number of hydrogen-bond donors (Lipinski definition) is 2. The van der Waals surface area contributed by atoms with Crippen molar-refractivity contribution in [3.63, 3.8) is 0 Å². The Hall–Kier alpha value is -1.30. The summed E-state index contributed by atoms with van der Waals surface area (Å²) in [6.07, 6.45) is 1.86. The molecule has 0 radical (unpaired) electrons. The summed E-state index contributed by atoms with van der Waals surface area (Å²) < 4.78 is 11.9. The van der Waals surface area contributed by atoms with Gasteiger partial charge in [0.05, 0.1) is 17.8 Å². The molecule has 2 rings (SSSR count). The third-order valence-electron chi connectivity index (χ3n) is 4.33. The van der Waals surface area contributed by atoms with Crippen LogP contribution in [0, 0.1) is 6.92 Å². The largest absolute Gasteiger partial charge is 0.508 e. The van der Waals surface area contributed by atoms with Gasteiger partial charge in [0, 0.05) is 0 Å². The molecule has 5 heteroatoms. The van der Waals surface area contributed by atoms with Crippen LogP contribution < -0.4 is 0 Å². The highest BCUT2D eigenvalue weighted by Crippen LogP contribution is 2.38. The van der Waals surface area contributed by atoms with Gasteiger partial charge in [-0.3, -0.25) is 0 Å². The van der Waals surface area contributed by atoms with Crippen molar-refractivity contribution in [1.82, 2.24) is 0 Å². The molecule has 0 atom stereocenters. The molecule has 1 aliphatic heterocycles. The first kappa shape index (κ1) is 16.1. The Morgan fingerprint density at radius 2 is 1.76 bits per heavy atom. The molecule has 1 aromatic carbocycles. The molecule has 0 amide bonds. The van der Waals surface area contributed by atoms with Crippen molar-refractivity contribution in [2.75, 3.05) is 6.61 Å². The van der Waals surface area contributed by atoms with Crippen molar-refractivity contribution < 1.29 is 19.5 Å². The van der Waals surface area contributed by atoms with E-state index in [0.29, 0.717) is 5.47 Å². The molecule has 0 unspecified atom stereocenters. The van der Waals surface area contributed by atoms with Crippen LogP contribution in [-0.4, -0.2) is 35.1 Å². The first-order chi connectivity index (χ1) is 9.66. The van der Waals surface area contributed by atoms with Crippen molar-refractivity contribution in [1.29, 1.82) is 0 Å². The zero-order valence-electron chi connectivity index (χ0n) is 13.3. The van der Waals surface area contributed by atoms with Crippen LogP contribution in [0.3, 0.4) is 0 Å². The topological polar surface area (TPSA) is 58.9 Å². The van der Waals surface area contributed by atoms with Gasteiger partial charge in [-0.1, -0.05) is 12.1 Å². The Labute approximate surface area is 126 Å². The van der Waals surface area contributed by atoms with Crippen molar-refractivity contribution in [3.8, 4) is 5.75 Å². The Bertz CT molecular complexity index is 547. The summed E-state index contributed by atoms with van der Waals surface area (Å²) in [6.45, 7) is 9.69. The van der Waals surface area contributed by atoms with Gasteiger partial charge in [-0.15, -0.1) is 0 Å². The van der Waals surface area contributed by atoms with Crippen LogP contribution in [0.2, 0.25) is 0 Å². The van der Waals surface area contributed by atoms with Gasteiger partial charge >= 0.3 is 7.12 Å². The van der Waals surface area contributed by atoms with Gasteiger partial charge in [-0.05, 0) is 63.4 Å². The monoisotopic (exact) mass is 290 g/mol. The molecule has 4 nitrogen and oxygen atoms in total. The summed E-state index contributed by atoms with van der Waals surface area (Å²) in [5, 5.41) is 19.1. The highest BCUT2D eigenvalue weighted by Gasteiger charge is 2.52. The van der Waals surface area contributed by atoms with E-state index < -0.39 is 18.3 Å². The van der Waals surface area contributed by atoms with Crippen LogP contribution >= 0.6 is 0 Å². The number of aryl methyl sites for hydroxylation is 1. The number of benzene rings is 1. The molecule has 0 bridgehead atoms. The van der Waals surface area contributed by atoms with Crippen LogP contribution in [0.4, 0.5) is 0 Å². The number of hydrogen-bond acceptors (Lipinski definition) is 4. The van der Waals surface area contributed by atoms with E-state index >= 15 is 0 Å². The van der Waals surface area contributed by atoms with Crippen LogP contribution in [0.15, 0.2) is 23.7 Å². The lowest BCUT2D eigenvalue weighted by atomic mass is 9.77. The van der Waals surface area contributed by atoms with Gasteiger partial charge < -0.3 is 19.5 Å². The maximum Gasteiger partial charge on any atom is 0.492 e. The van der Waals surface area contributed by atoms with Gasteiger partial charge in [0.2, 0.25) is 0 Å². The normalized spacial score (nSPS) is 20.9. The summed E-state index contributed by atoms with van der Waals surface area (Å²) >= 11 is 0. The number of rotatable bonds is 3. The SMILES string of the molecule is Cc1cc(O)ccc1C=C(CO)B1OC(C)(C)C(C)(C)O1. The molecule has 0 spiro atoms. The van der Waals surface area contributed by atoms with E-state index in [0.717, 1.165) is 11.1 Å². The summed E-state index contributed by atoms with van der Waals surface area (Å²) in [7, 11) is -0.562. The highest BCUT2D eigenvalue weighted by atomic mass is 16.7. The zero-order valence-corrected chi connectivity index (χ0v) is 13.3. The fraction of sp³-hybridized carbons (Fsp3) is 0.500. The first-order valence-corrected chi connectivity index (χ1v) is 7.13. The molecular weight excluding hydrogens is 267 g/mol. The van der Waals surface area contributed by atoms with E-state index in [4.69, 9.17) is 9.31 Å². The second-order valence-electron chi connectivity index (χ2n) is 6.51. The molecule has 0 aliphatic carbocycles. The maximum absolute atomic E-state index is 9.66. The number of phenolic OH excluding ortho intramolecular Hbond substituents is 1. The third-order valence-corrected chi connectivity index (χ3v) is 4.33. The molecule has 2 N–H and O–H groups in total. The Kier molecular flexibility index (Phi) is 4.20. The molecule has 1 fully saturated rings. The van der Waals surface area contributed by atoms with Crippen LogP contribution in [-0.2, 0) is 9.31 Å². The fourth-order valence-electron chi connectivity index (χ4n) is 2.20. The van der Waals surface area contributed by atoms with Gasteiger partial charge in [0.25, 0.3) is 0 Å². The average molecular weight is 290 g/mol. The minimum Gasteiger partial charge on any atom is -0.508 e. The second-order valence-corrected chi connectivity index (χ2v) is 6.51. The number of phenols is 1. The van der Waals surface area contributed by atoms with Crippen molar-refractivity contribution in [2.24, 2.45) is 0 Å². The molecule has 1 aliphatic rings. The second kappa shape index (κ2) is 5.48. The molecule has 1 aromatic rings. The summed E-state index contributed by atoms with van der Waals surface area (Å²) in [4.78, 5) is 0. The average Bonchev–Trinajstić information content (AvgIpc) is 2.57. The first-order valence-electron chi connectivity index (χ1n) is 7.13. The minimum atomic E-state index is -0.562. The van der Waals surface area contributed by atoms with E-state index in [1.165, 1.54) is 0 Å². The Balaban J connectivity index is 2.31. The molecule has 0 aromatic heterocycles. The number of aliphatic hydroxyl groups is 1. The number of aliphatic hydroxyl groups excluding tert-OH is 1.